The number of benzene rings is 1. The smallest absolute Gasteiger partial charge is 0.303 e. The fraction of sp³-hybridized carbons (Fsp3) is 0.577. The third-order valence-electron chi connectivity index (χ3n) is 6.19. The topological polar surface area (TPSA) is 96.2 Å². The molecule has 2 unspecified atom stereocenters. The molecule has 1 aromatic rings. The number of carboxylic acids is 1. The molecule has 32 heavy (non-hydrogen) atoms. The van der Waals surface area contributed by atoms with E-state index in [0.717, 1.165) is 17.5 Å². The number of hydrogen-bond acceptors (Lipinski definition) is 5. The largest absolute Gasteiger partial charge is 0.481 e. The van der Waals surface area contributed by atoms with Gasteiger partial charge in [-0.3, -0.25) is 4.79 Å². The van der Waals surface area contributed by atoms with Gasteiger partial charge in [0.2, 0.25) is 0 Å². The van der Waals surface area contributed by atoms with Crippen molar-refractivity contribution in [2.45, 2.75) is 83.1 Å². The normalized spacial score (nSPS) is 29.7. The minimum Gasteiger partial charge on any atom is -0.481 e. The summed E-state index contributed by atoms with van der Waals surface area (Å²) >= 11 is 0. The van der Waals surface area contributed by atoms with Gasteiger partial charge in [-0.1, -0.05) is 42.5 Å². The van der Waals surface area contributed by atoms with Gasteiger partial charge < -0.3 is 24.8 Å². The highest BCUT2D eigenvalue weighted by Gasteiger charge is 2.47. The van der Waals surface area contributed by atoms with E-state index >= 15 is 0 Å². The van der Waals surface area contributed by atoms with Crippen LogP contribution in [0.2, 0.25) is 0 Å². The Morgan fingerprint density at radius 2 is 2.09 bits per heavy atom. The second-order valence-electron chi connectivity index (χ2n) is 9.25. The van der Waals surface area contributed by atoms with Crippen LogP contribution >= 0.6 is 0 Å². The number of allylic oxidation sites excluding steroid dienone is 2. The van der Waals surface area contributed by atoms with E-state index in [1.807, 2.05) is 56.3 Å². The summed E-state index contributed by atoms with van der Waals surface area (Å²) in [6, 6.07) is 7.99. The van der Waals surface area contributed by atoms with Crippen LogP contribution in [0, 0.1) is 11.8 Å². The first-order chi connectivity index (χ1) is 15.3. The molecular formula is C26H36O6. The Hall–Kier alpha value is -1.99. The van der Waals surface area contributed by atoms with Gasteiger partial charge in [-0.2, -0.15) is 0 Å². The van der Waals surface area contributed by atoms with E-state index < -0.39 is 17.9 Å². The maximum absolute atomic E-state index is 11.2. The minimum absolute atomic E-state index is 0.0662. The lowest BCUT2D eigenvalue weighted by atomic mass is 9.90. The number of rotatable bonds is 11. The SMILES string of the molecule is CC(C)OCc1cccc(CC2(O)C=C[C@H]3[C@@H](O)CC(O2)[C@@H]3CC=CCCCC(=O)O)c1. The van der Waals surface area contributed by atoms with Crippen molar-refractivity contribution in [3.8, 4) is 0 Å². The second-order valence-corrected chi connectivity index (χ2v) is 9.25. The Kier molecular flexibility index (Phi) is 8.65. The molecule has 1 heterocycles. The maximum Gasteiger partial charge on any atom is 0.303 e. The van der Waals surface area contributed by atoms with Gasteiger partial charge in [0.15, 0.2) is 5.79 Å². The maximum atomic E-state index is 11.2. The van der Waals surface area contributed by atoms with Crippen molar-refractivity contribution < 1.29 is 29.6 Å². The summed E-state index contributed by atoms with van der Waals surface area (Å²) < 4.78 is 11.9. The van der Waals surface area contributed by atoms with Crippen molar-refractivity contribution in [1.82, 2.24) is 0 Å². The number of hydrogen-bond donors (Lipinski definition) is 3. The number of aliphatic hydroxyl groups is 2. The van der Waals surface area contributed by atoms with Crippen LogP contribution < -0.4 is 0 Å². The van der Waals surface area contributed by atoms with Crippen molar-refractivity contribution >= 4 is 5.97 Å². The summed E-state index contributed by atoms with van der Waals surface area (Å²) in [6.07, 6.45) is 10.1. The standard InChI is InChI=1S/C26H36O6/c1-18(2)31-17-20-9-7-8-19(14-20)16-26(30)13-12-21-22(24(32-26)15-23(21)27)10-5-3-4-6-11-25(28)29/h3,5,7-9,12-14,18,21-24,27,30H,4,6,10-11,15-17H2,1-2H3,(H,28,29)/t21-,22-,23+,24?,26?/m1/s1. The number of carbonyl (C=O) groups is 1. The predicted molar refractivity (Wildman–Crippen MR) is 122 cm³/mol. The van der Waals surface area contributed by atoms with E-state index in [1.54, 1.807) is 6.08 Å². The van der Waals surface area contributed by atoms with E-state index in [2.05, 4.69) is 0 Å². The van der Waals surface area contributed by atoms with Gasteiger partial charge in [-0.05, 0) is 56.2 Å². The highest BCUT2D eigenvalue weighted by molar-refractivity contribution is 5.66. The average molecular weight is 445 g/mol. The number of unbranched alkanes of at least 4 members (excludes halogenated alkanes) is 1. The molecule has 3 N–H and O–H groups in total. The number of carboxylic acid groups (broad SMARTS) is 1. The molecule has 1 saturated carbocycles. The van der Waals surface area contributed by atoms with Gasteiger partial charge in [0.25, 0.3) is 0 Å². The van der Waals surface area contributed by atoms with Crippen LogP contribution in [0.4, 0.5) is 0 Å². The third kappa shape index (κ3) is 7.01. The molecule has 2 aliphatic rings. The molecule has 1 aliphatic carbocycles. The predicted octanol–water partition coefficient (Wildman–Crippen LogP) is 4.00. The first-order valence-electron chi connectivity index (χ1n) is 11.6. The molecule has 6 heteroatoms. The molecule has 0 radical (unpaired) electrons. The Balaban J connectivity index is 1.62. The van der Waals surface area contributed by atoms with Gasteiger partial charge in [-0.15, -0.1) is 0 Å². The number of fused-ring (bicyclic) bond motifs is 2. The first-order valence-corrected chi connectivity index (χ1v) is 11.6. The van der Waals surface area contributed by atoms with E-state index in [9.17, 15) is 15.0 Å². The van der Waals surface area contributed by atoms with E-state index in [-0.39, 0.29) is 30.5 Å². The molecule has 0 aromatic heterocycles. The number of aliphatic hydroxyl groups excluding tert-OH is 1. The molecule has 3 rings (SSSR count). The van der Waals surface area contributed by atoms with Crippen molar-refractivity contribution in [3.05, 3.63) is 59.7 Å². The fourth-order valence-electron chi connectivity index (χ4n) is 4.61. The summed E-state index contributed by atoms with van der Waals surface area (Å²) in [5.41, 5.74) is 2.02. The zero-order valence-electron chi connectivity index (χ0n) is 19.0. The van der Waals surface area contributed by atoms with Crippen LogP contribution in [0.25, 0.3) is 0 Å². The fourth-order valence-corrected chi connectivity index (χ4v) is 4.61. The average Bonchev–Trinajstić information content (AvgIpc) is 2.92. The van der Waals surface area contributed by atoms with Gasteiger partial charge in [0.05, 0.1) is 24.9 Å². The molecule has 6 nitrogen and oxygen atoms in total. The Labute approximate surface area is 190 Å². The lowest BCUT2D eigenvalue weighted by Gasteiger charge is -2.30. The summed E-state index contributed by atoms with van der Waals surface area (Å²) in [7, 11) is 0. The summed E-state index contributed by atoms with van der Waals surface area (Å²) in [5, 5.41) is 30.4. The summed E-state index contributed by atoms with van der Waals surface area (Å²) in [5.74, 6) is -2.18. The highest BCUT2D eigenvalue weighted by Crippen LogP contribution is 2.43. The van der Waals surface area contributed by atoms with Crippen molar-refractivity contribution in [1.29, 1.82) is 0 Å². The van der Waals surface area contributed by atoms with Gasteiger partial charge in [0, 0.05) is 25.2 Å². The van der Waals surface area contributed by atoms with Crippen molar-refractivity contribution in [3.63, 3.8) is 0 Å². The van der Waals surface area contributed by atoms with Gasteiger partial charge in [-0.25, -0.2) is 0 Å². The third-order valence-corrected chi connectivity index (χ3v) is 6.19. The lowest BCUT2D eigenvalue weighted by Crippen LogP contribution is -2.37. The van der Waals surface area contributed by atoms with Crippen LogP contribution in [0.15, 0.2) is 48.6 Å². The molecule has 0 amide bonds. The molecule has 5 atom stereocenters. The van der Waals surface area contributed by atoms with Crippen LogP contribution in [0.3, 0.4) is 0 Å². The molecule has 1 aromatic carbocycles. The molecule has 0 saturated heterocycles. The zero-order chi connectivity index (χ0) is 23.1. The van der Waals surface area contributed by atoms with Crippen LogP contribution in [0.5, 0.6) is 0 Å². The molecule has 1 fully saturated rings. The van der Waals surface area contributed by atoms with Crippen LogP contribution in [-0.2, 0) is 27.3 Å². The highest BCUT2D eigenvalue weighted by atomic mass is 16.6. The Bertz CT molecular complexity index is 816. The lowest BCUT2D eigenvalue weighted by molar-refractivity contribution is -0.202. The number of ether oxygens (including phenoxy) is 2. The van der Waals surface area contributed by atoms with Crippen molar-refractivity contribution in [2.24, 2.45) is 11.8 Å². The monoisotopic (exact) mass is 444 g/mol. The van der Waals surface area contributed by atoms with Crippen LogP contribution in [-0.4, -0.2) is 45.4 Å². The first kappa shape index (κ1) is 24.6. The Morgan fingerprint density at radius 1 is 1.31 bits per heavy atom. The van der Waals surface area contributed by atoms with E-state index in [4.69, 9.17) is 14.6 Å². The van der Waals surface area contributed by atoms with Crippen molar-refractivity contribution in [2.75, 3.05) is 0 Å². The van der Waals surface area contributed by atoms with Gasteiger partial charge in [0.1, 0.15) is 0 Å². The molecule has 0 spiro atoms. The minimum atomic E-state index is -1.42. The second kappa shape index (κ2) is 11.2. The van der Waals surface area contributed by atoms with E-state index in [1.165, 1.54) is 0 Å². The van der Waals surface area contributed by atoms with E-state index in [0.29, 0.717) is 32.3 Å². The molecule has 2 bridgehead atoms. The van der Waals surface area contributed by atoms with Crippen LogP contribution in [0.1, 0.15) is 57.1 Å². The molecule has 1 aliphatic heterocycles. The Morgan fingerprint density at radius 3 is 2.84 bits per heavy atom. The summed E-state index contributed by atoms with van der Waals surface area (Å²) in [4.78, 5) is 10.6. The zero-order valence-corrected chi connectivity index (χ0v) is 19.0. The summed E-state index contributed by atoms with van der Waals surface area (Å²) in [6.45, 7) is 4.53. The van der Waals surface area contributed by atoms with Gasteiger partial charge >= 0.3 is 5.97 Å². The molecule has 176 valence electrons. The molecular weight excluding hydrogens is 408 g/mol. The quantitative estimate of drug-likeness (QED) is 0.353. The number of aliphatic carboxylic acids is 1.